The van der Waals surface area contributed by atoms with Gasteiger partial charge in [-0.3, -0.25) is 0 Å². The lowest BCUT2D eigenvalue weighted by atomic mass is 9.68. The van der Waals surface area contributed by atoms with E-state index in [4.69, 9.17) is 18.9 Å². The molecule has 2 atom stereocenters. The Bertz CT molecular complexity index is 1070. The van der Waals surface area contributed by atoms with Crippen molar-refractivity contribution in [3.63, 3.8) is 0 Å². The maximum absolute atomic E-state index is 12.7. The molecule has 3 aliphatic rings. The number of ether oxygens (including phenoxy) is 4. The van der Waals surface area contributed by atoms with Crippen LogP contribution in [0.25, 0.3) is 0 Å². The number of hydrogen-bond donors (Lipinski definition) is 0. The highest BCUT2D eigenvalue weighted by Crippen LogP contribution is 2.44. The molecule has 0 bridgehead atoms. The van der Waals surface area contributed by atoms with E-state index in [1.807, 2.05) is 0 Å². The van der Waals surface area contributed by atoms with Crippen molar-refractivity contribution in [2.24, 2.45) is 17.8 Å². The molecule has 250 valence electrons. The average molecular weight is 623 g/mol. The molecule has 1 aromatic rings. The van der Waals surface area contributed by atoms with Gasteiger partial charge < -0.3 is 18.9 Å². The van der Waals surface area contributed by atoms with Gasteiger partial charge in [-0.25, -0.2) is 9.59 Å². The van der Waals surface area contributed by atoms with Crippen LogP contribution in [0.5, 0.6) is 0 Å². The Kier molecular flexibility index (Phi) is 14.7. The van der Waals surface area contributed by atoms with Crippen LogP contribution < -0.4 is 0 Å². The minimum Gasteiger partial charge on any atom is -0.462 e. The summed E-state index contributed by atoms with van der Waals surface area (Å²) < 4.78 is 22.4. The molecule has 1 aliphatic heterocycles. The largest absolute Gasteiger partial charge is 0.462 e. The van der Waals surface area contributed by atoms with Crippen molar-refractivity contribution in [3.8, 4) is 0 Å². The summed E-state index contributed by atoms with van der Waals surface area (Å²) in [6.45, 7) is 12.4. The first-order valence-electron chi connectivity index (χ1n) is 17.8. The Morgan fingerprint density at radius 3 is 2.09 bits per heavy atom. The van der Waals surface area contributed by atoms with Gasteiger partial charge >= 0.3 is 11.9 Å². The van der Waals surface area contributed by atoms with Crippen LogP contribution in [0.2, 0.25) is 0 Å². The van der Waals surface area contributed by atoms with Crippen molar-refractivity contribution in [2.45, 2.75) is 128 Å². The monoisotopic (exact) mass is 622 g/mol. The van der Waals surface area contributed by atoms with Gasteiger partial charge in [0.2, 0.25) is 0 Å². The van der Waals surface area contributed by atoms with Crippen molar-refractivity contribution in [1.82, 2.24) is 0 Å². The van der Waals surface area contributed by atoms with Crippen LogP contribution >= 0.6 is 0 Å². The second kappa shape index (κ2) is 18.6. The van der Waals surface area contributed by atoms with Gasteiger partial charge in [0.1, 0.15) is 13.2 Å². The zero-order valence-corrected chi connectivity index (χ0v) is 28.1. The number of hydrogen-bond acceptors (Lipinski definition) is 6. The number of carbonyl (C=O) groups excluding carboxylic acids is 2. The predicted octanol–water partition coefficient (Wildman–Crippen LogP) is 9.19. The van der Waals surface area contributed by atoms with Crippen LogP contribution in [0.15, 0.2) is 48.6 Å². The molecule has 1 aromatic carbocycles. The maximum Gasteiger partial charge on any atom is 0.335 e. The first-order valence-corrected chi connectivity index (χ1v) is 17.8. The van der Waals surface area contributed by atoms with Crippen LogP contribution in [0.4, 0.5) is 0 Å². The highest BCUT2D eigenvalue weighted by molar-refractivity contribution is 5.88. The Labute approximate surface area is 272 Å². The molecule has 2 unspecified atom stereocenters. The molecule has 0 aromatic heterocycles. The third kappa shape index (κ3) is 11.4. The van der Waals surface area contributed by atoms with E-state index in [2.05, 4.69) is 44.3 Å². The Hall–Kier alpha value is -2.44. The van der Waals surface area contributed by atoms with Crippen molar-refractivity contribution in [1.29, 1.82) is 0 Å². The molecule has 0 radical (unpaired) electrons. The first-order chi connectivity index (χ1) is 21.8. The Balaban J connectivity index is 1.26. The van der Waals surface area contributed by atoms with E-state index in [-0.39, 0.29) is 37.6 Å². The number of benzene rings is 1. The second-order valence-corrected chi connectivity index (χ2v) is 13.9. The molecule has 2 saturated carbocycles. The smallest absolute Gasteiger partial charge is 0.335 e. The Morgan fingerprint density at radius 1 is 0.844 bits per heavy atom. The molecule has 6 heteroatoms. The van der Waals surface area contributed by atoms with Crippen LogP contribution in [-0.4, -0.2) is 44.7 Å². The quantitative estimate of drug-likeness (QED) is 0.104. The first kappa shape index (κ1) is 35.4. The molecule has 3 fully saturated rings. The van der Waals surface area contributed by atoms with Gasteiger partial charge in [-0.15, -0.1) is 0 Å². The maximum atomic E-state index is 12.7. The standard InChI is InChI=1S/C39H58O6/c1-5-6-7-10-30-12-14-31(15-13-30)32-16-18-33(19-17-32)34-20-22-35(23-21-34)36(26-44-38(40)28(2)3)27-45-39(41)29(4)25-43-37-11-8-9-24-42-37/h20-23,30-33,36-37H,2,4-19,24-27H2,1,3H3. The lowest BCUT2D eigenvalue weighted by Gasteiger charge is -2.38. The molecule has 45 heavy (non-hydrogen) atoms. The molecule has 0 N–H and O–H groups in total. The van der Waals surface area contributed by atoms with E-state index in [0.29, 0.717) is 18.1 Å². The van der Waals surface area contributed by atoms with Crippen molar-refractivity contribution in [2.75, 3.05) is 26.4 Å². The molecular formula is C39H58O6. The van der Waals surface area contributed by atoms with E-state index in [9.17, 15) is 9.59 Å². The van der Waals surface area contributed by atoms with Gasteiger partial charge in [-0.2, -0.15) is 0 Å². The van der Waals surface area contributed by atoms with Crippen molar-refractivity contribution in [3.05, 3.63) is 59.7 Å². The fraction of sp³-hybridized carbons (Fsp3) is 0.692. The normalized spacial score (nSPS) is 26.0. The summed E-state index contributed by atoms with van der Waals surface area (Å²) in [6, 6.07) is 8.64. The summed E-state index contributed by atoms with van der Waals surface area (Å²) in [5, 5.41) is 0. The van der Waals surface area contributed by atoms with Crippen LogP contribution in [0, 0.1) is 17.8 Å². The fourth-order valence-electron chi connectivity index (χ4n) is 7.51. The summed E-state index contributed by atoms with van der Waals surface area (Å²) in [5.74, 6) is 2.15. The summed E-state index contributed by atoms with van der Waals surface area (Å²) in [6.07, 6.45) is 19.2. The molecule has 0 amide bonds. The fourth-order valence-corrected chi connectivity index (χ4v) is 7.51. The second-order valence-electron chi connectivity index (χ2n) is 13.9. The summed E-state index contributed by atoms with van der Waals surface area (Å²) in [5.41, 5.74) is 2.94. The zero-order chi connectivity index (χ0) is 32.0. The van der Waals surface area contributed by atoms with E-state index in [1.54, 1.807) is 6.92 Å². The topological polar surface area (TPSA) is 71.1 Å². The van der Waals surface area contributed by atoms with E-state index in [0.717, 1.165) is 42.6 Å². The molecule has 1 heterocycles. The number of carbonyl (C=O) groups is 2. The lowest BCUT2D eigenvalue weighted by molar-refractivity contribution is -0.161. The van der Waals surface area contributed by atoms with Gasteiger partial charge in [-0.05, 0) is 99.5 Å². The molecule has 6 nitrogen and oxygen atoms in total. The zero-order valence-electron chi connectivity index (χ0n) is 28.1. The van der Waals surface area contributed by atoms with E-state index >= 15 is 0 Å². The van der Waals surface area contributed by atoms with Crippen molar-refractivity contribution >= 4 is 11.9 Å². The summed E-state index contributed by atoms with van der Waals surface area (Å²) >= 11 is 0. The third-order valence-electron chi connectivity index (χ3n) is 10.5. The van der Waals surface area contributed by atoms with Gasteiger partial charge in [0.25, 0.3) is 0 Å². The Morgan fingerprint density at radius 2 is 1.49 bits per heavy atom. The third-order valence-corrected chi connectivity index (χ3v) is 10.5. The molecule has 2 aliphatic carbocycles. The highest BCUT2D eigenvalue weighted by Gasteiger charge is 2.31. The van der Waals surface area contributed by atoms with Crippen molar-refractivity contribution < 1.29 is 28.5 Å². The summed E-state index contributed by atoms with van der Waals surface area (Å²) in [4.78, 5) is 24.9. The molecular weight excluding hydrogens is 564 g/mol. The molecule has 0 spiro atoms. The van der Waals surface area contributed by atoms with Crippen LogP contribution in [-0.2, 0) is 28.5 Å². The minimum absolute atomic E-state index is 0.0655. The van der Waals surface area contributed by atoms with Gasteiger partial charge in [0.05, 0.1) is 18.1 Å². The van der Waals surface area contributed by atoms with Crippen LogP contribution in [0.1, 0.15) is 133 Å². The summed E-state index contributed by atoms with van der Waals surface area (Å²) in [7, 11) is 0. The average Bonchev–Trinajstić information content (AvgIpc) is 3.08. The number of unbranched alkanes of at least 4 members (excludes halogenated alkanes) is 2. The van der Waals surface area contributed by atoms with Gasteiger partial charge in [0.15, 0.2) is 6.29 Å². The predicted molar refractivity (Wildman–Crippen MR) is 179 cm³/mol. The van der Waals surface area contributed by atoms with Crippen LogP contribution in [0.3, 0.4) is 0 Å². The number of esters is 2. The highest BCUT2D eigenvalue weighted by atomic mass is 16.7. The van der Waals surface area contributed by atoms with Gasteiger partial charge in [0, 0.05) is 12.2 Å². The number of rotatable bonds is 16. The molecule has 1 saturated heterocycles. The lowest BCUT2D eigenvalue weighted by Crippen LogP contribution is -2.25. The van der Waals surface area contributed by atoms with Gasteiger partial charge in [-0.1, -0.05) is 82.9 Å². The molecule has 4 rings (SSSR count). The SMILES string of the molecule is C=C(C)C(=O)OCC(COC(=O)C(=C)COC1CCCCO1)c1ccc(C2CCC(C3CCC(CCCCC)CC3)CC2)cc1. The van der Waals surface area contributed by atoms with E-state index < -0.39 is 11.9 Å². The minimum atomic E-state index is -0.514. The van der Waals surface area contributed by atoms with E-state index in [1.165, 1.54) is 82.6 Å².